The summed E-state index contributed by atoms with van der Waals surface area (Å²) in [6.07, 6.45) is 6.73. The van der Waals surface area contributed by atoms with E-state index in [2.05, 4.69) is 21.1 Å². The normalized spacial score (nSPS) is 14.5. The van der Waals surface area contributed by atoms with Gasteiger partial charge in [-0.25, -0.2) is 14.8 Å². The molecule has 0 atom stereocenters. The summed E-state index contributed by atoms with van der Waals surface area (Å²) in [6, 6.07) is 7.21. The number of amides is 1. The van der Waals surface area contributed by atoms with Crippen molar-refractivity contribution in [2.24, 2.45) is 5.92 Å². The highest BCUT2D eigenvalue weighted by Gasteiger charge is 2.23. The molecule has 31 heavy (non-hydrogen) atoms. The number of nitrogens with two attached hydrogens (primary N) is 1. The molecule has 8 heteroatoms. The van der Waals surface area contributed by atoms with Crippen LogP contribution < -0.4 is 5.73 Å². The molecular weight excluding hydrogens is 394 g/mol. The first-order valence-corrected chi connectivity index (χ1v) is 10.2. The van der Waals surface area contributed by atoms with Crippen LogP contribution in [-0.2, 0) is 16.1 Å². The van der Waals surface area contributed by atoms with Crippen LogP contribution in [0.3, 0.4) is 0 Å². The molecule has 1 amide bonds. The minimum Gasteiger partial charge on any atom is -0.465 e. The Morgan fingerprint density at radius 1 is 1.23 bits per heavy atom. The van der Waals surface area contributed by atoms with Crippen molar-refractivity contribution in [3.05, 3.63) is 55.0 Å². The Morgan fingerprint density at radius 2 is 1.94 bits per heavy atom. The van der Waals surface area contributed by atoms with Crippen LogP contribution in [0, 0.1) is 5.92 Å². The number of carbonyl (C=O) groups is 2. The number of aromatic nitrogens is 3. The van der Waals surface area contributed by atoms with Gasteiger partial charge in [-0.3, -0.25) is 4.79 Å². The van der Waals surface area contributed by atoms with E-state index in [0.29, 0.717) is 17.3 Å². The van der Waals surface area contributed by atoms with Crippen molar-refractivity contribution in [2.75, 3.05) is 25.9 Å². The lowest BCUT2D eigenvalue weighted by Crippen LogP contribution is -2.38. The van der Waals surface area contributed by atoms with Gasteiger partial charge in [0, 0.05) is 31.4 Å². The number of likely N-dealkylation sites (tertiary alicyclic amines) is 1. The van der Waals surface area contributed by atoms with Crippen LogP contribution in [-0.4, -0.2) is 51.5 Å². The molecule has 160 valence electrons. The molecule has 2 N–H and O–H groups in total. The van der Waals surface area contributed by atoms with Crippen LogP contribution in [0.1, 0.15) is 23.2 Å². The summed E-state index contributed by atoms with van der Waals surface area (Å²) in [4.78, 5) is 34.1. The number of ether oxygens (including phenoxy) is 1. The molecule has 8 nitrogen and oxygen atoms in total. The number of nitrogen functional groups attached to an aromatic ring is 1. The number of anilines is 1. The molecule has 3 aromatic rings. The van der Waals surface area contributed by atoms with Gasteiger partial charge >= 0.3 is 5.97 Å². The van der Waals surface area contributed by atoms with Crippen molar-refractivity contribution in [3.8, 4) is 11.1 Å². The average Bonchev–Trinajstić information content (AvgIpc) is 3.18. The molecule has 1 aliphatic rings. The standard InChI is InChI=1S/C23H25N5O3/c1-3-19(29)27-10-8-15(9-11-27)12-28-13-18(20-21(24)25-14-26-22(20)28)16-4-6-17(7-5-16)23(30)31-2/h3-7,13-15H,1,8-12H2,2H3,(H2,24,25,26). The fraction of sp³-hybridized carbons (Fsp3) is 0.304. The molecule has 1 aromatic carbocycles. The molecule has 0 bridgehead atoms. The zero-order valence-corrected chi connectivity index (χ0v) is 17.5. The average molecular weight is 419 g/mol. The second-order valence-corrected chi connectivity index (χ2v) is 7.69. The zero-order chi connectivity index (χ0) is 22.0. The lowest BCUT2D eigenvalue weighted by atomic mass is 9.96. The molecule has 4 rings (SSSR count). The number of fused-ring (bicyclic) bond motifs is 1. The number of rotatable bonds is 5. The highest BCUT2D eigenvalue weighted by molar-refractivity contribution is 6.01. The Hall–Kier alpha value is -3.68. The predicted molar refractivity (Wildman–Crippen MR) is 118 cm³/mol. The van der Waals surface area contributed by atoms with Crippen LogP contribution in [0.4, 0.5) is 5.82 Å². The van der Waals surface area contributed by atoms with Gasteiger partial charge in [-0.15, -0.1) is 0 Å². The first kappa shape index (κ1) is 20.6. The van der Waals surface area contributed by atoms with Crippen molar-refractivity contribution >= 4 is 28.7 Å². The van der Waals surface area contributed by atoms with Crippen molar-refractivity contribution < 1.29 is 14.3 Å². The van der Waals surface area contributed by atoms with Gasteiger partial charge in [0.05, 0.1) is 18.1 Å². The van der Waals surface area contributed by atoms with E-state index in [1.807, 2.05) is 23.2 Å². The maximum absolute atomic E-state index is 11.8. The Labute approximate surface area is 180 Å². The second kappa shape index (κ2) is 8.59. The van der Waals surface area contributed by atoms with Crippen LogP contribution >= 0.6 is 0 Å². The van der Waals surface area contributed by atoms with Crippen LogP contribution in [0.25, 0.3) is 22.2 Å². The number of piperidine rings is 1. The van der Waals surface area contributed by atoms with Crippen molar-refractivity contribution in [2.45, 2.75) is 19.4 Å². The molecule has 2 aromatic heterocycles. The lowest BCUT2D eigenvalue weighted by Gasteiger charge is -2.31. The molecule has 1 aliphatic heterocycles. The summed E-state index contributed by atoms with van der Waals surface area (Å²) in [5.41, 5.74) is 9.32. The number of hydrogen-bond donors (Lipinski definition) is 1. The van der Waals surface area contributed by atoms with Gasteiger partial charge in [-0.05, 0) is 42.5 Å². The van der Waals surface area contributed by atoms with E-state index in [4.69, 9.17) is 10.5 Å². The number of benzene rings is 1. The van der Waals surface area contributed by atoms with E-state index < -0.39 is 0 Å². The number of carbonyl (C=O) groups excluding carboxylic acids is 2. The predicted octanol–water partition coefficient (Wildman–Crippen LogP) is 2.89. The molecule has 0 saturated carbocycles. The molecule has 1 saturated heterocycles. The largest absolute Gasteiger partial charge is 0.465 e. The Bertz CT molecular complexity index is 1130. The summed E-state index contributed by atoms with van der Waals surface area (Å²) >= 11 is 0. The Balaban J connectivity index is 1.63. The minimum atomic E-state index is -0.377. The molecular formula is C23H25N5O3. The fourth-order valence-corrected chi connectivity index (χ4v) is 4.15. The van der Waals surface area contributed by atoms with Crippen molar-refractivity contribution in [3.63, 3.8) is 0 Å². The molecule has 0 spiro atoms. The lowest BCUT2D eigenvalue weighted by molar-refractivity contribution is -0.127. The first-order chi connectivity index (χ1) is 15.0. The molecule has 3 heterocycles. The van der Waals surface area contributed by atoms with Crippen LogP contribution in [0.15, 0.2) is 49.4 Å². The van der Waals surface area contributed by atoms with E-state index in [0.717, 1.165) is 54.6 Å². The number of nitrogens with zero attached hydrogens (tertiary/aromatic N) is 4. The third kappa shape index (κ3) is 4.01. The smallest absolute Gasteiger partial charge is 0.337 e. The van der Waals surface area contributed by atoms with Crippen molar-refractivity contribution in [1.29, 1.82) is 0 Å². The summed E-state index contributed by atoms with van der Waals surface area (Å²) < 4.78 is 6.89. The monoisotopic (exact) mass is 419 g/mol. The third-order valence-corrected chi connectivity index (χ3v) is 5.86. The highest BCUT2D eigenvalue weighted by atomic mass is 16.5. The summed E-state index contributed by atoms with van der Waals surface area (Å²) in [6.45, 7) is 5.81. The summed E-state index contributed by atoms with van der Waals surface area (Å²) in [5.74, 6) is 0.457. The molecule has 1 fully saturated rings. The number of methoxy groups -OCH3 is 1. The van der Waals surface area contributed by atoms with E-state index >= 15 is 0 Å². The maximum Gasteiger partial charge on any atom is 0.337 e. The van der Waals surface area contributed by atoms with Gasteiger partial charge < -0.3 is 19.9 Å². The summed E-state index contributed by atoms with van der Waals surface area (Å²) in [5, 5.41) is 0.799. The Morgan fingerprint density at radius 3 is 2.58 bits per heavy atom. The van der Waals surface area contributed by atoms with Gasteiger partial charge in [0.1, 0.15) is 17.8 Å². The fourth-order valence-electron chi connectivity index (χ4n) is 4.15. The van der Waals surface area contributed by atoms with Crippen LogP contribution in [0.5, 0.6) is 0 Å². The van der Waals surface area contributed by atoms with E-state index in [1.165, 1.54) is 19.5 Å². The topological polar surface area (TPSA) is 103 Å². The van der Waals surface area contributed by atoms with Gasteiger partial charge in [0.15, 0.2) is 0 Å². The van der Waals surface area contributed by atoms with Gasteiger partial charge in [-0.1, -0.05) is 18.7 Å². The number of hydrogen-bond acceptors (Lipinski definition) is 6. The van der Waals surface area contributed by atoms with Gasteiger partial charge in [0.25, 0.3) is 0 Å². The minimum absolute atomic E-state index is 0.0110. The molecule has 0 aliphatic carbocycles. The quantitative estimate of drug-likeness (QED) is 0.504. The van der Waals surface area contributed by atoms with Crippen molar-refractivity contribution in [1.82, 2.24) is 19.4 Å². The summed E-state index contributed by atoms with van der Waals surface area (Å²) in [7, 11) is 1.36. The van der Waals surface area contributed by atoms with E-state index in [-0.39, 0.29) is 11.9 Å². The Kier molecular flexibility index (Phi) is 5.70. The van der Waals surface area contributed by atoms with E-state index in [1.54, 1.807) is 12.1 Å². The first-order valence-electron chi connectivity index (χ1n) is 10.2. The van der Waals surface area contributed by atoms with E-state index in [9.17, 15) is 9.59 Å². The zero-order valence-electron chi connectivity index (χ0n) is 17.5. The third-order valence-electron chi connectivity index (χ3n) is 5.86. The SMILES string of the molecule is C=CC(=O)N1CCC(Cn2cc(-c3ccc(C(=O)OC)cc3)c3c(N)ncnc32)CC1. The molecule has 0 radical (unpaired) electrons. The second-order valence-electron chi connectivity index (χ2n) is 7.69. The maximum atomic E-state index is 11.8. The van der Waals surface area contributed by atoms with Gasteiger partial charge in [0.2, 0.25) is 5.91 Å². The van der Waals surface area contributed by atoms with Gasteiger partial charge in [-0.2, -0.15) is 0 Å². The van der Waals surface area contributed by atoms with Crippen LogP contribution in [0.2, 0.25) is 0 Å². The number of esters is 1. The highest BCUT2D eigenvalue weighted by Crippen LogP contribution is 2.34. The molecule has 0 unspecified atom stereocenters.